The number of ether oxygens (including phenoxy) is 1. The van der Waals surface area contributed by atoms with Crippen molar-refractivity contribution >= 4 is 23.2 Å². The molecular weight excluding hydrogens is 541 g/mol. The van der Waals surface area contributed by atoms with E-state index < -0.39 is 86.5 Å². The number of halogens is 7. The SMILES string of the molecule is O=C(N[C@H](c1nc2cc(CN3C[C@@H](C(F)(F)F)NC3=O)ccc2o1)C1CCC(F)(F)CC1)OC1CC(F)(F)C1. The quantitative estimate of drug-likeness (QED) is 0.439. The summed E-state index contributed by atoms with van der Waals surface area (Å²) in [5.74, 6) is -6.26. The first-order valence-electron chi connectivity index (χ1n) is 12.4. The Balaban J connectivity index is 1.32. The molecule has 39 heavy (non-hydrogen) atoms. The van der Waals surface area contributed by atoms with Crippen LogP contribution in [0.1, 0.15) is 56.0 Å². The minimum atomic E-state index is -4.58. The lowest BCUT2D eigenvalue weighted by atomic mass is 9.82. The number of nitrogens with one attached hydrogen (secondary N) is 2. The molecule has 2 saturated carbocycles. The lowest BCUT2D eigenvalue weighted by Crippen LogP contribution is -2.45. The molecule has 1 aromatic heterocycles. The molecule has 3 aliphatic rings. The molecule has 2 heterocycles. The van der Waals surface area contributed by atoms with E-state index in [0.717, 1.165) is 4.90 Å². The zero-order valence-corrected chi connectivity index (χ0v) is 20.4. The Morgan fingerprint density at radius 1 is 1.18 bits per heavy atom. The molecule has 15 heteroatoms. The number of hydrogen-bond donors (Lipinski definition) is 2. The van der Waals surface area contributed by atoms with Crippen molar-refractivity contribution in [3.05, 3.63) is 29.7 Å². The normalized spacial score (nSPS) is 24.3. The van der Waals surface area contributed by atoms with Crippen molar-refractivity contribution in [3.8, 4) is 0 Å². The number of urea groups is 1. The van der Waals surface area contributed by atoms with Crippen molar-refractivity contribution in [2.45, 2.75) is 81.3 Å². The van der Waals surface area contributed by atoms with Gasteiger partial charge < -0.3 is 24.7 Å². The highest BCUT2D eigenvalue weighted by Crippen LogP contribution is 2.43. The molecule has 2 aromatic rings. The third-order valence-corrected chi connectivity index (χ3v) is 7.32. The van der Waals surface area contributed by atoms with Crippen LogP contribution in [0.2, 0.25) is 0 Å². The average Bonchev–Trinajstić information content (AvgIpc) is 3.39. The largest absolute Gasteiger partial charge is 0.446 e. The summed E-state index contributed by atoms with van der Waals surface area (Å²) < 4.78 is 104. The summed E-state index contributed by atoms with van der Waals surface area (Å²) >= 11 is 0. The summed E-state index contributed by atoms with van der Waals surface area (Å²) in [5.41, 5.74) is 0.995. The number of rotatable bonds is 6. The number of amides is 3. The molecule has 1 aromatic carbocycles. The zero-order chi connectivity index (χ0) is 28.2. The molecule has 0 spiro atoms. The van der Waals surface area contributed by atoms with Crippen LogP contribution in [0.3, 0.4) is 0 Å². The number of carbonyl (C=O) groups is 2. The summed E-state index contributed by atoms with van der Waals surface area (Å²) in [6.45, 7) is -0.688. The van der Waals surface area contributed by atoms with E-state index in [1.54, 1.807) is 6.07 Å². The number of carbonyl (C=O) groups excluding carboxylic acids is 2. The van der Waals surface area contributed by atoms with E-state index in [1.165, 1.54) is 12.1 Å². The van der Waals surface area contributed by atoms with Crippen LogP contribution in [-0.4, -0.2) is 58.7 Å². The summed E-state index contributed by atoms with van der Waals surface area (Å²) in [7, 11) is 0. The summed E-state index contributed by atoms with van der Waals surface area (Å²) in [6.07, 6.45) is -8.52. The van der Waals surface area contributed by atoms with Gasteiger partial charge >= 0.3 is 18.3 Å². The maximum Gasteiger partial charge on any atom is 0.410 e. The van der Waals surface area contributed by atoms with Gasteiger partial charge in [0.1, 0.15) is 23.7 Å². The van der Waals surface area contributed by atoms with E-state index in [2.05, 4.69) is 10.3 Å². The first kappa shape index (κ1) is 27.3. The maximum absolute atomic E-state index is 13.8. The van der Waals surface area contributed by atoms with Crippen LogP contribution in [0.5, 0.6) is 0 Å². The molecule has 3 amide bonds. The van der Waals surface area contributed by atoms with Crippen LogP contribution in [0, 0.1) is 5.92 Å². The van der Waals surface area contributed by atoms with Crippen LogP contribution in [0.25, 0.3) is 11.1 Å². The van der Waals surface area contributed by atoms with Gasteiger partial charge in [-0.15, -0.1) is 0 Å². The lowest BCUT2D eigenvalue weighted by molar-refractivity contribution is -0.150. The zero-order valence-electron chi connectivity index (χ0n) is 20.4. The predicted molar refractivity (Wildman–Crippen MR) is 120 cm³/mol. The molecular formula is C24H25F7N4O4. The molecule has 0 unspecified atom stereocenters. The first-order chi connectivity index (χ1) is 18.2. The van der Waals surface area contributed by atoms with Crippen molar-refractivity contribution in [1.29, 1.82) is 0 Å². The highest BCUT2D eigenvalue weighted by atomic mass is 19.4. The molecule has 1 aliphatic heterocycles. The second-order valence-corrected chi connectivity index (χ2v) is 10.4. The number of aromatic nitrogens is 1. The summed E-state index contributed by atoms with van der Waals surface area (Å²) in [6, 6.07) is 0.726. The molecule has 5 rings (SSSR count). The van der Waals surface area contributed by atoms with E-state index in [4.69, 9.17) is 9.15 Å². The van der Waals surface area contributed by atoms with Gasteiger partial charge in [-0.25, -0.2) is 32.1 Å². The fraction of sp³-hybridized carbons (Fsp3) is 0.625. The van der Waals surface area contributed by atoms with Gasteiger partial charge in [-0.2, -0.15) is 13.2 Å². The third-order valence-electron chi connectivity index (χ3n) is 7.32. The van der Waals surface area contributed by atoms with Gasteiger partial charge in [0, 0.05) is 32.2 Å². The molecule has 0 radical (unpaired) electrons. The second kappa shape index (κ2) is 9.73. The van der Waals surface area contributed by atoms with Crippen molar-refractivity contribution in [1.82, 2.24) is 20.5 Å². The Morgan fingerprint density at radius 2 is 1.87 bits per heavy atom. The number of benzene rings is 1. The lowest BCUT2D eigenvalue weighted by Gasteiger charge is -2.35. The van der Waals surface area contributed by atoms with Gasteiger partial charge in [0.05, 0.1) is 6.54 Å². The average molecular weight is 566 g/mol. The fourth-order valence-electron chi connectivity index (χ4n) is 5.13. The second-order valence-electron chi connectivity index (χ2n) is 10.4. The predicted octanol–water partition coefficient (Wildman–Crippen LogP) is 5.67. The molecule has 2 aliphatic carbocycles. The molecule has 8 nitrogen and oxygen atoms in total. The molecule has 214 valence electrons. The summed E-state index contributed by atoms with van der Waals surface area (Å²) in [4.78, 5) is 29.9. The third kappa shape index (κ3) is 6.16. The van der Waals surface area contributed by atoms with Gasteiger partial charge in [0.2, 0.25) is 11.8 Å². The van der Waals surface area contributed by atoms with Gasteiger partial charge in [-0.05, 0) is 36.5 Å². The highest BCUT2D eigenvalue weighted by molar-refractivity contribution is 5.78. The molecule has 2 atom stereocenters. The van der Waals surface area contributed by atoms with Crippen LogP contribution >= 0.6 is 0 Å². The van der Waals surface area contributed by atoms with E-state index in [-0.39, 0.29) is 36.4 Å². The number of alkyl carbamates (subject to hydrolysis) is 1. The van der Waals surface area contributed by atoms with Crippen LogP contribution in [-0.2, 0) is 11.3 Å². The van der Waals surface area contributed by atoms with E-state index in [0.29, 0.717) is 5.56 Å². The van der Waals surface area contributed by atoms with E-state index in [1.807, 2.05) is 5.32 Å². The van der Waals surface area contributed by atoms with Crippen molar-refractivity contribution in [3.63, 3.8) is 0 Å². The molecule has 1 saturated heterocycles. The van der Waals surface area contributed by atoms with E-state index in [9.17, 15) is 40.3 Å². The first-order valence-corrected chi connectivity index (χ1v) is 12.4. The van der Waals surface area contributed by atoms with Crippen LogP contribution in [0.4, 0.5) is 40.3 Å². The Labute approximate surface area is 217 Å². The smallest absolute Gasteiger partial charge is 0.410 e. The summed E-state index contributed by atoms with van der Waals surface area (Å²) in [5, 5.41) is 4.43. The van der Waals surface area contributed by atoms with Crippen molar-refractivity contribution in [2.75, 3.05) is 6.54 Å². The maximum atomic E-state index is 13.8. The van der Waals surface area contributed by atoms with E-state index >= 15 is 0 Å². The monoisotopic (exact) mass is 566 g/mol. The fourth-order valence-corrected chi connectivity index (χ4v) is 5.13. The van der Waals surface area contributed by atoms with Crippen molar-refractivity contribution in [2.24, 2.45) is 5.92 Å². The number of hydrogen-bond acceptors (Lipinski definition) is 5. The van der Waals surface area contributed by atoms with Gasteiger partial charge in [-0.3, -0.25) is 0 Å². The van der Waals surface area contributed by atoms with Crippen molar-refractivity contribution < 1.29 is 49.5 Å². The topological polar surface area (TPSA) is 96.7 Å². The highest BCUT2D eigenvalue weighted by Gasteiger charge is 2.49. The molecule has 2 N–H and O–H groups in total. The van der Waals surface area contributed by atoms with Crippen LogP contribution < -0.4 is 10.6 Å². The number of fused-ring (bicyclic) bond motifs is 1. The number of alkyl halides is 7. The Kier molecular flexibility index (Phi) is 6.82. The molecule has 3 fully saturated rings. The number of nitrogens with zero attached hydrogens (tertiary/aromatic N) is 2. The van der Waals surface area contributed by atoms with Gasteiger partial charge in [0.25, 0.3) is 5.92 Å². The standard InChI is InChI=1S/C24H25F7N4O4/c25-22(26)5-3-13(4-6-22)18(34-21(37)38-14-8-23(27,28)9-14)19-32-15-7-12(1-2-16(15)39-19)10-35-11-17(24(29,30)31)33-20(35)36/h1-2,7,13-14,17-18H,3-6,8-11H2,(H,33,36)(H,34,37)/t17-,18-/m0/s1. The molecule has 0 bridgehead atoms. The Morgan fingerprint density at radius 3 is 2.49 bits per heavy atom. The van der Waals surface area contributed by atoms with Gasteiger partial charge in [0.15, 0.2) is 5.58 Å². The minimum Gasteiger partial charge on any atom is -0.446 e. The Bertz CT molecular complexity index is 1230. The Hall–Kier alpha value is -3.26. The minimum absolute atomic E-state index is 0.00990. The van der Waals surface area contributed by atoms with Crippen LogP contribution in [0.15, 0.2) is 22.6 Å². The van der Waals surface area contributed by atoms with Gasteiger partial charge in [-0.1, -0.05) is 6.07 Å². The number of oxazole rings is 1.